The van der Waals surface area contributed by atoms with E-state index in [2.05, 4.69) is 22.8 Å². The number of nitrogens with two attached hydrogens (primary N) is 1. The van der Waals surface area contributed by atoms with Crippen LogP contribution >= 0.6 is 0 Å². The molecular weight excluding hydrogens is 252 g/mol. The first-order valence-corrected chi connectivity index (χ1v) is 7.15. The fraction of sp³-hybridized carbons (Fsp3) is 0.533. The van der Waals surface area contributed by atoms with Crippen LogP contribution in [0.2, 0.25) is 0 Å². The zero-order chi connectivity index (χ0) is 14.5. The van der Waals surface area contributed by atoms with Gasteiger partial charge in [0, 0.05) is 37.4 Å². The van der Waals surface area contributed by atoms with Crippen molar-refractivity contribution in [2.75, 3.05) is 44.2 Å². The van der Waals surface area contributed by atoms with Gasteiger partial charge in [0.05, 0.1) is 6.61 Å². The Hall–Kier alpha value is -1.59. The summed E-state index contributed by atoms with van der Waals surface area (Å²) in [5.41, 5.74) is 8.75. The third-order valence-corrected chi connectivity index (χ3v) is 3.79. The molecule has 1 saturated heterocycles. The quantitative estimate of drug-likeness (QED) is 0.561. The molecule has 4 N–H and O–H groups in total. The Morgan fingerprint density at radius 1 is 1.30 bits per heavy atom. The molecule has 0 aliphatic carbocycles. The minimum Gasteiger partial charge on any atom is -0.395 e. The van der Waals surface area contributed by atoms with Crippen LogP contribution in [0.5, 0.6) is 0 Å². The third kappa shape index (κ3) is 3.49. The number of aliphatic hydroxyl groups is 1. The van der Waals surface area contributed by atoms with Crippen LogP contribution in [-0.2, 0) is 0 Å². The second-order valence-corrected chi connectivity index (χ2v) is 5.34. The average Bonchev–Trinajstić information content (AvgIpc) is 2.64. The van der Waals surface area contributed by atoms with E-state index in [4.69, 9.17) is 16.2 Å². The van der Waals surface area contributed by atoms with Gasteiger partial charge in [-0.05, 0) is 37.6 Å². The summed E-state index contributed by atoms with van der Waals surface area (Å²) in [5.74, 6) is 0.122. The van der Waals surface area contributed by atoms with Gasteiger partial charge >= 0.3 is 0 Å². The highest BCUT2D eigenvalue weighted by Crippen LogP contribution is 2.23. The minimum atomic E-state index is 0.122. The van der Waals surface area contributed by atoms with E-state index < -0.39 is 0 Å². The summed E-state index contributed by atoms with van der Waals surface area (Å²) in [7, 11) is 0. The molecule has 5 nitrogen and oxygen atoms in total. The van der Waals surface area contributed by atoms with Gasteiger partial charge in [-0.2, -0.15) is 0 Å². The average molecular weight is 276 g/mol. The Morgan fingerprint density at radius 2 is 2.10 bits per heavy atom. The van der Waals surface area contributed by atoms with Crippen molar-refractivity contribution in [3.63, 3.8) is 0 Å². The smallest absolute Gasteiger partial charge is 0.124 e. The number of aliphatic hydroxyl groups excluding tert-OH is 1. The number of hydrogen-bond acceptors (Lipinski definition) is 4. The lowest BCUT2D eigenvalue weighted by Gasteiger charge is -2.26. The molecule has 0 atom stereocenters. The maximum atomic E-state index is 9.05. The molecule has 1 aromatic rings. The molecule has 0 amide bonds. The molecule has 2 rings (SSSR count). The number of nitrogens with one attached hydrogen (secondary N) is 1. The number of nitrogen functional groups attached to an aromatic ring is 1. The predicted octanol–water partition coefficient (Wildman–Crippen LogP) is 0.783. The largest absolute Gasteiger partial charge is 0.395 e. The fourth-order valence-electron chi connectivity index (χ4n) is 2.71. The maximum Gasteiger partial charge on any atom is 0.124 e. The highest BCUT2D eigenvalue weighted by atomic mass is 16.3. The zero-order valence-corrected chi connectivity index (χ0v) is 12.1. The van der Waals surface area contributed by atoms with Crippen molar-refractivity contribution in [3.8, 4) is 0 Å². The SMILES string of the molecule is Cc1ccc(C(=N)N)c(N2CCCN(CCO)CC2)c1. The van der Waals surface area contributed by atoms with Crippen molar-refractivity contribution >= 4 is 11.5 Å². The van der Waals surface area contributed by atoms with E-state index in [9.17, 15) is 0 Å². The number of anilines is 1. The van der Waals surface area contributed by atoms with Gasteiger partial charge in [0.15, 0.2) is 0 Å². The normalized spacial score (nSPS) is 17.0. The number of nitrogens with zero attached hydrogens (tertiary/aromatic N) is 2. The van der Waals surface area contributed by atoms with Gasteiger partial charge < -0.3 is 15.7 Å². The highest BCUT2D eigenvalue weighted by Gasteiger charge is 2.18. The van der Waals surface area contributed by atoms with E-state index in [0.717, 1.165) is 50.4 Å². The molecule has 1 heterocycles. The molecule has 0 spiro atoms. The van der Waals surface area contributed by atoms with E-state index in [1.807, 2.05) is 12.1 Å². The van der Waals surface area contributed by atoms with Crippen LogP contribution in [0, 0.1) is 12.3 Å². The first-order valence-electron chi connectivity index (χ1n) is 7.15. The zero-order valence-electron chi connectivity index (χ0n) is 12.1. The lowest BCUT2D eigenvalue weighted by molar-refractivity contribution is 0.204. The van der Waals surface area contributed by atoms with E-state index >= 15 is 0 Å². The molecular formula is C15H24N4O. The Labute approximate surface area is 120 Å². The number of amidine groups is 1. The maximum absolute atomic E-state index is 9.05. The molecule has 0 saturated carbocycles. The van der Waals surface area contributed by atoms with Crippen LogP contribution in [0.1, 0.15) is 17.5 Å². The Morgan fingerprint density at radius 3 is 2.80 bits per heavy atom. The van der Waals surface area contributed by atoms with Crippen LogP contribution in [0.4, 0.5) is 5.69 Å². The summed E-state index contributed by atoms with van der Waals surface area (Å²) in [6, 6.07) is 6.04. The number of β-amino-alcohol motifs (C(OH)–C–C–N with tert-alkyl or cyclic N) is 1. The van der Waals surface area contributed by atoms with Gasteiger partial charge in [0.1, 0.15) is 5.84 Å². The molecule has 0 radical (unpaired) electrons. The van der Waals surface area contributed by atoms with Crippen molar-refractivity contribution in [2.45, 2.75) is 13.3 Å². The minimum absolute atomic E-state index is 0.122. The molecule has 1 fully saturated rings. The van der Waals surface area contributed by atoms with Gasteiger partial charge in [-0.15, -0.1) is 0 Å². The molecule has 0 bridgehead atoms. The second kappa shape index (κ2) is 6.72. The Balaban J connectivity index is 2.18. The van der Waals surface area contributed by atoms with Crippen LogP contribution in [0.25, 0.3) is 0 Å². The van der Waals surface area contributed by atoms with Crippen molar-refractivity contribution in [2.24, 2.45) is 5.73 Å². The second-order valence-electron chi connectivity index (χ2n) is 5.34. The van der Waals surface area contributed by atoms with E-state index in [1.54, 1.807) is 0 Å². The fourth-order valence-corrected chi connectivity index (χ4v) is 2.71. The highest BCUT2D eigenvalue weighted by molar-refractivity contribution is 6.00. The number of aryl methyl sites for hydroxylation is 1. The van der Waals surface area contributed by atoms with Crippen LogP contribution < -0.4 is 10.6 Å². The topological polar surface area (TPSA) is 76.6 Å². The third-order valence-electron chi connectivity index (χ3n) is 3.79. The lowest BCUT2D eigenvalue weighted by Crippen LogP contribution is -2.33. The van der Waals surface area contributed by atoms with Crippen molar-refractivity contribution in [3.05, 3.63) is 29.3 Å². The molecule has 0 aromatic heterocycles. The first-order chi connectivity index (χ1) is 9.61. The van der Waals surface area contributed by atoms with Crippen LogP contribution in [-0.4, -0.2) is 55.2 Å². The predicted molar refractivity (Wildman–Crippen MR) is 82.6 cm³/mol. The summed E-state index contributed by atoms with van der Waals surface area (Å²) in [6.45, 7) is 6.83. The summed E-state index contributed by atoms with van der Waals surface area (Å²) in [5, 5.41) is 16.8. The standard InChI is InChI=1S/C15H24N4O/c1-12-3-4-13(15(16)17)14(11-12)19-6-2-5-18(7-8-19)9-10-20/h3-4,11,20H,2,5-10H2,1H3,(H3,16,17). The Bertz CT molecular complexity index is 475. The molecule has 5 heteroatoms. The van der Waals surface area contributed by atoms with Crippen LogP contribution in [0.15, 0.2) is 18.2 Å². The summed E-state index contributed by atoms with van der Waals surface area (Å²) < 4.78 is 0. The Kier molecular flexibility index (Phi) is 4.98. The molecule has 1 aliphatic rings. The first kappa shape index (κ1) is 14.8. The summed E-state index contributed by atoms with van der Waals surface area (Å²) >= 11 is 0. The number of rotatable bonds is 4. The van der Waals surface area contributed by atoms with Crippen molar-refractivity contribution in [1.82, 2.24) is 4.90 Å². The van der Waals surface area contributed by atoms with Gasteiger partial charge in [-0.1, -0.05) is 6.07 Å². The summed E-state index contributed by atoms with van der Waals surface area (Å²) in [6.07, 6.45) is 1.06. The lowest BCUT2D eigenvalue weighted by atomic mass is 10.1. The van der Waals surface area contributed by atoms with E-state index in [1.165, 1.54) is 5.56 Å². The van der Waals surface area contributed by atoms with Gasteiger partial charge in [0.2, 0.25) is 0 Å². The molecule has 110 valence electrons. The van der Waals surface area contributed by atoms with Crippen LogP contribution in [0.3, 0.4) is 0 Å². The molecule has 1 aliphatic heterocycles. The molecule has 1 aromatic carbocycles. The number of benzene rings is 1. The van der Waals surface area contributed by atoms with E-state index in [-0.39, 0.29) is 12.4 Å². The number of hydrogen-bond donors (Lipinski definition) is 3. The van der Waals surface area contributed by atoms with Crippen molar-refractivity contribution < 1.29 is 5.11 Å². The summed E-state index contributed by atoms with van der Waals surface area (Å²) in [4.78, 5) is 4.59. The van der Waals surface area contributed by atoms with Gasteiger partial charge in [-0.3, -0.25) is 10.3 Å². The van der Waals surface area contributed by atoms with E-state index in [0.29, 0.717) is 0 Å². The molecule has 0 unspecified atom stereocenters. The van der Waals surface area contributed by atoms with Gasteiger partial charge in [0.25, 0.3) is 0 Å². The van der Waals surface area contributed by atoms with Gasteiger partial charge in [-0.25, -0.2) is 0 Å². The van der Waals surface area contributed by atoms with Crippen molar-refractivity contribution in [1.29, 1.82) is 5.41 Å². The monoisotopic (exact) mass is 276 g/mol. The molecule has 20 heavy (non-hydrogen) atoms.